The molecule has 0 unspecified atom stereocenters. The Morgan fingerprint density at radius 2 is 1.88 bits per heavy atom. The number of ether oxygens (including phenoxy) is 3. The van der Waals surface area contributed by atoms with Crippen LogP contribution in [0.1, 0.15) is 23.2 Å². The lowest BCUT2D eigenvalue weighted by Crippen LogP contribution is -2.00. The second kappa shape index (κ2) is 8.15. The maximum absolute atomic E-state index is 10.9. The summed E-state index contributed by atoms with van der Waals surface area (Å²) in [7, 11) is 1.61. The number of methoxy groups -OCH3 is 1. The first-order valence-electron chi connectivity index (χ1n) is 8.05. The first-order valence-corrected chi connectivity index (χ1v) is 8.05. The van der Waals surface area contributed by atoms with Crippen LogP contribution >= 0.6 is 0 Å². The fourth-order valence-corrected chi connectivity index (χ4v) is 2.30. The highest BCUT2D eigenvalue weighted by molar-refractivity contribution is 5.76. The number of rotatable bonds is 8. The van der Waals surface area contributed by atoms with E-state index in [2.05, 4.69) is 10.1 Å². The summed E-state index contributed by atoms with van der Waals surface area (Å²) in [6.07, 6.45) is 0.755. The lowest BCUT2D eigenvalue weighted by Gasteiger charge is -2.10. The van der Waals surface area contributed by atoms with Crippen LogP contribution in [0.15, 0.2) is 47.0 Å². The maximum Gasteiger partial charge on any atom is 0.264 e. The molecule has 26 heavy (non-hydrogen) atoms. The van der Waals surface area contributed by atoms with Crippen molar-refractivity contribution in [2.24, 2.45) is 0 Å². The van der Waals surface area contributed by atoms with Gasteiger partial charge < -0.3 is 18.7 Å². The number of carbonyl (C=O) groups is 1. The van der Waals surface area contributed by atoms with Crippen LogP contribution in [0, 0.1) is 0 Å². The first-order chi connectivity index (χ1) is 12.7. The average Bonchev–Trinajstić information content (AvgIpc) is 3.16. The van der Waals surface area contributed by atoms with E-state index >= 15 is 0 Å². The third-order valence-electron chi connectivity index (χ3n) is 3.57. The van der Waals surface area contributed by atoms with Gasteiger partial charge in [-0.1, -0.05) is 5.16 Å². The second-order valence-electron chi connectivity index (χ2n) is 5.29. The molecule has 3 aromatic rings. The smallest absolute Gasteiger partial charge is 0.264 e. The van der Waals surface area contributed by atoms with Gasteiger partial charge in [0.05, 0.1) is 13.7 Å². The highest BCUT2D eigenvalue weighted by Gasteiger charge is 2.12. The predicted octanol–water partition coefficient (Wildman–Crippen LogP) is 3.54. The van der Waals surface area contributed by atoms with E-state index in [9.17, 15) is 4.79 Å². The van der Waals surface area contributed by atoms with Crippen LogP contribution in [0.5, 0.6) is 17.2 Å². The molecule has 0 atom stereocenters. The van der Waals surface area contributed by atoms with Crippen LogP contribution in [-0.4, -0.2) is 30.1 Å². The molecule has 0 amide bonds. The monoisotopic (exact) mass is 354 g/mol. The van der Waals surface area contributed by atoms with Gasteiger partial charge in [0.2, 0.25) is 5.82 Å². The standard InChI is InChI=1S/C19H18N2O5/c1-3-24-17-10-13(11-22)4-9-16(17)25-12-18-20-19(21-26-18)14-5-7-15(23-2)8-6-14/h4-11H,3,12H2,1-2H3. The van der Waals surface area contributed by atoms with Crippen LogP contribution in [-0.2, 0) is 6.61 Å². The minimum atomic E-state index is 0.0870. The van der Waals surface area contributed by atoms with Crippen LogP contribution in [0.25, 0.3) is 11.4 Å². The molecule has 7 nitrogen and oxygen atoms in total. The molecule has 0 aliphatic heterocycles. The van der Waals surface area contributed by atoms with Crippen molar-refractivity contribution in [3.05, 3.63) is 53.9 Å². The Hall–Kier alpha value is -3.35. The Bertz CT molecular complexity index is 874. The normalized spacial score (nSPS) is 10.4. The number of aldehydes is 1. The number of benzene rings is 2. The molecule has 0 aliphatic carbocycles. The topological polar surface area (TPSA) is 83.7 Å². The number of nitrogens with zero attached hydrogens (tertiary/aromatic N) is 2. The van der Waals surface area contributed by atoms with Crippen molar-refractivity contribution >= 4 is 6.29 Å². The van der Waals surface area contributed by atoms with Gasteiger partial charge in [0.1, 0.15) is 12.0 Å². The van der Waals surface area contributed by atoms with Crippen molar-refractivity contribution in [2.75, 3.05) is 13.7 Å². The molecule has 0 saturated carbocycles. The highest BCUT2D eigenvalue weighted by atomic mass is 16.5. The molecule has 0 radical (unpaired) electrons. The highest BCUT2D eigenvalue weighted by Crippen LogP contribution is 2.29. The zero-order valence-electron chi connectivity index (χ0n) is 14.5. The van der Waals surface area contributed by atoms with Gasteiger partial charge in [0.25, 0.3) is 5.89 Å². The van der Waals surface area contributed by atoms with E-state index in [0.29, 0.717) is 35.4 Å². The van der Waals surface area contributed by atoms with Gasteiger partial charge in [-0.05, 0) is 49.4 Å². The summed E-state index contributed by atoms with van der Waals surface area (Å²) >= 11 is 0. The molecule has 0 fully saturated rings. The number of hydrogen-bond donors (Lipinski definition) is 0. The summed E-state index contributed by atoms with van der Waals surface area (Å²) in [5.41, 5.74) is 1.33. The fourth-order valence-electron chi connectivity index (χ4n) is 2.30. The Labute approximate surface area is 150 Å². The summed E-state index contributed by atoms with van der Waals surface area (Å²) in [6, 6.07) is 12.3. The first kappa shape index (κ1) is 17.5. The Balaban J connectivity index is 1.70. The minimum Gasteiger partial charge on any atom is -0.497 e. The third-order valence-corrected chi connectivity index (χ3v) is 3.57. The molecule has 3 rings (SSSR count). The molecule has 0 bridgehead atoms. The van der Waals surface area contributed by atoms with Crippen molar-refractivity contribution in [1.29, 1.82) is 0 Å². The summed E-state index contributed by atoms with van der Waals surface area (Å²) in [6.45, 7) is 2.40. The van der Waals surface area contributed by atoms with Gasteiger partial charge in [-0.15, -0.1) is 0 Å². The fraction of sp³-hybridized carbons (Fsp3) is 0.211. The molecule has 7 heteroatoms. The van der Waals surface area contributed by atoms with E-state index < -0.39 is 0 Å². The third kappa shape index (κ3) is 4.00. The summed E-state index contributed by atoms with van der Waals surface area (Å²) in [5.74, 6) is 2.54. The number of carbonyl (C=O) groups excluding carboxylic acids is 1. The number of aromatic nitrogens is 2. The van der Waals surface area contributed by atoms with Crippen molar-refractivity contribution in [3.63, 3.8) is 0 Å². The lowest BCUT2D eigenvalue weighted by molar-refractivity contribution is 0.112. The molecule has 0 N–H and O–H groups in total. The van der Waals surface area contributed by atoms with Crippen molar-refractivity contribution in [1.82, 2.24) is 10.1 Å². The van der Waals surface area contributed by atoms with Crippen molar-refractivity contribution in [3.8, 4) is 28.6 Å². The molecular weight excluding hydrogens is 336 g/mol. The zero-order chi connectivity index (χ0) is 18.4. The minimum absolute atomic E-state index is 0.0870. The van der Waals surface area contributed by atoms with E-state index in [0.717, 1.165) is 17.6 Å². The maximum atomic E-state index is 10.9. The summed E-state index contributed by atoms with van der Waals surface area (Å²) < 4.78 is 21.6. The molecule has 0 spiro atoms. The quantitative estimate of drug-likeness (QED) is 0.572. The summed E-state index contributed by atoms with van der Waals surface area (Å²) in [5, 5.41) is 3.96. The van der Waals surface area contributed by atoms with E-state index in [1.165, 1.54) is 0 Å². The van der Waals surface area contributed by atoms with Gasteiger partial charge in [-0.3, -0.25) is 4.79 Å². The SMILES string of the molecule is CCOc1cc(C=O)ccc1OCc1nc(-c2ccc(OC)cc2)no1. The molecule has 2 aromatic carbocycles. The van der Waals surface area contributed by atoms with Gasteiger partial charge in [-0.25, -0.2) is 0 Å². The van der Waals surface area contributed by atoms with Gasteiger partial charge >= 0.3 is 0 Å². The second-order valence-corrected chi connectivity index (χ2v) is 5.29. The van der Waals surface area contributed by atoms with E-state index in [4.69, 9.17) is 18.7 Å². The largest absolute Gasteiger partial charge is 0.497 e. The average molecular weight is 354 g/mol. The van der Waals surface area contributed by atoms with E-state index in [-0.39, 0.29) is 6.61 Å². The molecule has 0 saturated heterocycles. The molecule has 1 heterocycles. The Morgan fingerprint density at radius 3 is 2.58 bits per heavy atom. The molecule has 134 valence electrons. The number of hydrogen-bond acceptors (Lipinski definition) is 7. The van der Waals surface area contributed by atoms with E-state index in [1.807, 2.05) is 31.2 Å². The van der Waals surface area contributed by atoms with Crippen molar-refractivity contribution in [2.45, 2.75) is 13.5 Å². The van der Waals surface area contributed by atoms with Crippen LogP contribution < -0.4 is 14.2 Å². The van der Waals surface area contributed by atoms with Gasteiger partial charge in [-0.2, -0.15) is 4.98 Å². The molecule has 0 aliphatic rings. The van der Waals surface area contributed by atoms with E-state index in [1.54, 1.807) is 25.3 Å². The predicted molar refractivity (Wildman–Crippen MR) is 93.6 cm³/mol. The Morgan fingerprint density at radius 1 is 1.08 bits per heavy atom. The van der Waals surface area contributed by atoms with Crippen LogP contribution in [0.4, 0.5) is 0 Å². The molecular formula is C19H18N2O5. The van der Waals surface area contributed by atoms with Gasteiger partial charge in [0, 0.05) is 11.1 Å². The zero-order valence-corrected chi connectivity index (χ0v) is 14.5. The van der Waals surface area contributed by atoms with Gasteiger partial charge in [0.15, 0.2) is 18.1 Å². The summed E-state index contributed by atoms with van der Waals surface area (Å²) in [4.78, 5) is 15.2. The Kier molecular flexibility index (Phi) is 5.48. The lowest BCUT2D eigenvalue weighted by atomic mass is 10.2. The van der Waals surface area contributed by atoms with Crippen LogP contribution in [0.3, 0.4) is 0 Å². The van der Waals surface area contributed by atoms with Crippen molar-refractivity contribution < 1.29 is 23.5 Å². The molecule has 1 aromatic heterocycles. The van der Waals surface area contributed by atoms with Crippen LogP contribution in [0.2, 0.25) is 0 Å².